The van der Waals surface area contributed by atoms with E-state index in [1.54, 1.807) is 4.80 Å². The second-order valence-corrected chi connectivity index (χ2v) is 6.63. The number of benzene rings is 1. The molecule has 0 bridgehead atoms. The van der Waals surface area contributed by atoms with Gasteiger partial charge in [-0.15, -0.1) is 0 Å². The number of hydrogen-bond acceptors (Lipinski definition) is 2. The van der Waals surface area contributed by atoms with E-state index in [4.69, 9.17) is 0 Å². The van der Waals surface area contributed by atoms with Crippen LogP contribution in [-0.4, -0.2) is 20.3 Å². The first-order valence-corrected chi connectivity index (χ1v) is 8.68. The molecule has 98 valence electrons. The number of nitrogens with zero attached hydrogens (tertiary/aromatic N) is 3. The van der Waals surface area contributed by atoms with Crippen molar-refractivity contribution in [1.82, 2.24) is 15.0 Å². The highest BCUT2D eigenvalue weighted by atomic mass is 79.9. The van der Waals surface area contributed by atoms with Crippen LogP contribution in [0.2, 0.25) is 0 Å². The Labute approximate surface area is 132 Å². The molecule has 1 aromatic carbocycles. The molecule has 0 spiro atoms. The highest BCUT2D eigenvalue weighted by Crippen LogP contribution is 2.27. The molecular weight excluding hydrogens is 426 g/mol. The van der Waals surface area contributed by atoms with Crippen molar-refractivity contribution >= 4 is 58.8 Å². The minimum Gasteiger partial charge on any atom is -0.184 e. The van der Waals surface area contributed by atoms with Gasteiger partial charge in [-0.25, -0.2) is 0 Å². The highest BCUT2D eigenvalue weighted by molar-refractivity contribution is 9.11. The number of unbranched alkanes of at least 4 members (excludes halogenated alkanes) is 3. The lowest BCUT2D eigenvalue weighted by Gasteiger charge is -1.99. The van der Waals surface area contributed by atoms with Crippen LogP contribution < -0.4 is 0 Å². The maximum Gasteiger partial charge on any atom is 0.128 e. The van der Waals surface area contributed by atoms with Crippen LogP contribution in [-0.2, 0) is 6.54 Å². The van der Waals surface area contributed by atoms with Crippen molar-refractivity contribution in [1.29, 1.82) is 0 Å². The Balaban J connectivity index is 2.02. The van der Waals surface area contributed by atoms with Crippen LogP contribution in [0.3, 0.4) is 0 Å². The molecule has 2 aromatic rings. The number of rotatable bonds is 6. The molecule has 0 saturated carbocycles. The van der Waals surface area contributed by atoms with Gasteiger partial charge in [0.2, 0.25) is 0 Å². The summed E-state index contributed by atoms with van der Waals surface area (Å²) in [6, 6.07) is 3.98. The van der Waals surface area contributed by atoms with Gasteiger partial charge in [-0.3, -0.25) is 0 Å². The van der Waals surface area contributed by atoms with E-state index in [0.717, 1.165) is 38.3 Å². The van der Waals surface area contributed by atoms with E-state index in [0.29, 0.717) is 0 Å². The quantitative estimate of drug-likeness (QED) is 0.473. The van der Waals surface area contributed by atoms with Gasteiger partial charge in [0, 0.05) is 14.3 Å². The van der Waals surface area contributed by atoms with Crippen LogP contribution in [0.5, 0.6) is 0 Å². The summed E-state index contributed by atoms with van der Waals surface area (Å²) in [6.07, 6.45) is 4.86. The van der Waals surface area contributed by atoms with Gasteiger partial charge in [0.05, 0.1) is 6.54 Å². The Morgan fingerprint density at radius 1 is 0.889 bits per heavy atom. The summed E-state index contributed by atoms with van der Waals surface area (Å²) in [5.41, 5.74) is 1.84. The van der Waals surface area contributed by atoms with Crippen LogP contribution in [0.15, 0.2) is 21.1 Å². The third-order valence-electron chi connectivity index (χ3n) is 2.73. The molecule has 0 amide bonds. The van der Waals surface area contributed by atoms with Crippen molar-refractivity contribution < 1.29 is 0 Å². The van der Waals surface area contributed by atoms with Gasteiger partial charge in [-0.2, -0.15) is 15.0 Å². The second-order valence-electron chi connectivity index (χ2n) is 4.13. The zero-order valence-electron chi connectivity index (χ0n) is 9.87. The molecule has 3 nitrogen and oxygen atoms in total. The lowest BCUT2D eigenvalue weighted by atomic mass is 10.2. The van der Waals surface area contributed by atoms with E-state index < -0.39 is 0 Å². The Morgan fingerprint density at radius 3 is 2.00 bits per heavy atom. The minimum atomic E-state index is 0.885. The van der Waals surface area contributed by atoms with E-state index in [2.05, 4.69) is 58.0 Å². The topological polar surface area (TPSA) is 30.7 Å². The Hall–Kier alpha value is 0.0600. The van der Waals surface area contributed by atoms with Crippen LogP contribution >= 0.6 is 47.8 Å². The zero-order valence-corrected chi connectivity index (χ0v) is 14.6. The normalized spacial score (nSPS) is 11.3. The van der Waals surface area contributed by atoms with Crippen molar-refractivity contribution in [3.8, 4) is 0 Å². The zero-order chi connectivity index (χ0) is 13.0. The van der Waals surface area contributed by atoms with E-state index in [1.807, 2.05) is 12.1 Å². The summed E-state index contributed by atoms with van der Waals surface area (Å²) in [5.74, 6) is 0. The third-order valence-corrected chi connectivity index (χ3v) is 4.57. The predicted molar refractivity (Wildman–Crippen MR) is 85.2 cm³/mol. The van der Waals surface area contributed by atoms with Crippen LogP contribution in [0, 0.1) is 0 Å². The van der Waals surface area contributed by atoms with Gasteiger partial charge >= 0.3 is 0 Å². The van der Waals surface area contributed by atoms with Crippen LogP contribution in [0.1, 0.15) is 25.7 Å². The fraction of sp³-hybridized carbons (Fsp3) is 0.500. The number of hydrogen-bond donors (Lipinski definition) is 0. The van der Waals surface area contributed by atoms with Gasteiger partial charge in [0.25, 0.3) is 0 Å². The average Bonchev–Trinajstić information content (AvgIpc) is 2.79. The SMILES string of the molecule is BrCCCCCCn1nc2c(Br)ccc(Br)c2n1. The first-order valence-electron chi connectivity index (χ1n) is 5.97. The predicted octanol–water partition coefficient (Wildman–Crippen LogP) is 4.91. The monoisotopic (exact) mass is 437 g/mol. The molecule has 1 aromatic heterocycles. The van der Waals surface area contributed by atoms with E-state index in [1.165, 1.54) is 19.3 Å². The average molecular weight is 440 g/mol. The van der Waals surface area contributed by atoms with Gasteiger partial charge in [0.1, 0.15) is 11.0 Å². The van der Waals surface area contributed by atoms with Crippen molar-refractivity contribution in [2.75, 3.05) is 5.33 Å². The van der Waals surface area contributed by atoms with Crippen molar-refractivity contribution in [2.24, 2.45) is 0 Å². The largest absolute Gasteiger partial charge is 0.184 e. The Kier molecular flexibility index (Phi) is 5.63. The van der Waals surface area contributed by atoms with Crippen molar-refractivity contribution in [3.05, 3.63) is 21.1 Å². The smallest absolute Gasteiger partial charge is 0.128 e. The maximum absolute atomic E-state index is 4.51. The molecule has 2 rings (SSSR count). The number of alkyl halides is 1. The molecule has 1 heterocycles. The van der Waals surface area contributed by atoms with Crippen LogP contribution in [0.4, 0.5) is 0 Å². The first kappa shape index (κ1) is 14.5. The minimum absolute atomic E-state index is 0.885. The lowest BCUT2D eigenvalue weighted by Crippen LogP contribution is -2.02. The van der Waals surface area contributed by atoms with Gasteiger partial charge in [-0.05, 0) is 56.8 Å². The molecule has 0 atom stereocenters. The van der Waals surface area contributed by atoms with Gasteiger partial charge < -0.3 is 0 Å². The van der Waals surface area contributed by atoms with E-state index >= 15 is 0 Å². The number of aromatic nitrogens is 3. The molecular formula is C12H14Br3N3. The standard InChI is InChI=1S/C12H14Br3N3/c13-7-3-1-2-4-8-18-16-11-9(14)5-6-10(15)12(11)17-18/h5-6H,1-4,7-8H2. The highest BCUT2D eigenvalue weighted by Gasteiger charge is 2.09. The fourth-order valence-corrected chi connectivity index (χ4v) is 2.97. The summed E-state index contributed by atoms with van der Waals surface area (Å²) in [4.78, 5) is 1.80. The number of halogens is 3. The molecule has 0 aliphatic rings. The van der Waals surface area contributed by atoms with Gasteiger partial charge in [-0.1, -0.05) is 28.8 Å². The lowest BCUT2D eigenvalue weighted by molar-refractivity contribution is 0.496. The molecule has 0 saturated heterocycles. The Bertz CT molecular complexity index is 486. The van der Waals surface area contributed by atoms with Crippen LogP contribution in [0.25, 0.3) is 11.0 Å². The van der Waals surface area contributed by atoms with Crippen molar-refractivity contribution in [3.63, 3.8) is 0 Å². The maximum atomic E-state index is 4.51. The number of aryl methyl sites for hydroxylation is 1. The fourth-order valence-electron chi connectivity index (χ4n) is 1.78. The Morgan fingerprint density at radius 2 is 1.44 bits per heavy atom. The van der Waals surface area contributed by atoms with Gasteiger partial charge in [0.15, 0.2) is 0 Å². The molecule has 18 heavy (non-hydrogen) atoms. The number of fused-ring (bicyclic) bond motifs is 1. The molecule has 0 unspecified atom stereocenters. The summed E-state index contributed by atoms with van der Waals surface area (Å²) >= 11 is 10.5. The first-order chi connectivity index (χ1) is 8.72. The molecule has 0 fully saturated rings. The summed E-state index contributed by atoms with van der Waals surface area (Å²) < 4.78 is 1.98. The third kappa shape index (κ3) is 3.54. The summed E-state index contributed by atoms with van der Waals surface area (Å²) in [7, 11) is 0. The summed E-state index contributed by atoms with van der Waals surface area (Å²) in [6.45, 7) is 0.885. The van der Waals surface area contributed by atoms with E-state index in [-0.39, 0.29) is 0 Å². The molecule has 6 heteroatoms. The van der Waals surface area contributed by atoms with E-state index in [9.17, 15) is 0 Å². The van der Waals surface area contributed by atoms with Crippen molar-refractivity contribution in [2.45, 2.75) is 32.2 Å². The molecule has 0 aliphatic carbocycles. The molecule has 0 N–H and O–H groups in total. The summed E-state index contributed by atoms with van der Waals surface area (Å²) in [5, 5.41) is 10.1. The molecule has 0 aliphatic heterocycles. The molecule has 0 radical (unpaired) electrons. The second kappa shape index (κ2) is 7.01.